The molecule has 0 aliphatic carbocycles. The molecule has 0 radical (unpaired) electrons. The number of hydrogen-bond acceptors (Lipinski definition) is 5. The molecule has 1 aromatic heterocycles. The Labute approximate surface area is 112 Å². The van der Waals surface area contributed by atoms with E-state index >= 15 is 0 Å². The first-order chi connectivity index (χ1) is 9.17. The number of aliphatic hydroxyl groups excluding tert-OH is 1. The van der Waals surface area contributed by atoms with E-state index in [1.807, 2.05) is 31.2 Å². The van der Waals surface area contributed by atoms with Crippen LogP contribution in [0.2, 0.25) is 0 Å². The largest absolute Gasteiger partial charge is 0.486 e. The fraction of sp³-hybridized carbons (Fsp3) is 0.286. The number of aryl methyl sites for hydroxylation is 1. The van der Waals surface area contributed by atoms with Crippen molar-refractivity contribution in [1.82, 2.24) is 9.97 Å². The van der Waals surface area contributed by atoms with Gasteiger partial charge >= 0.3 is 0 Å². The average molecular weight is 259 g/mol. The van der Waals surface area contributed by atoms with E-state index in [2.05, 4.69) is 9.97 Å². The van der Waals surface area contributed by atoms with Crippen LogP contribution in [0, 0.1) is 6.92 Å². The van der Waals surface area contributed by atoms with E-state index in [1.54, 1.807) is 6.07 Å². The smallest absolute Gasteiger partial charge is 0.168 e. The lowest BCUT2D eigenvalue weighted by Gasteiger charge is -2.07. The van der Waals surface area contributed by atoms with E-state index in [1.165, 1.54) is 0 Å². The second kappa shape index (κ2) is 6.15. The summed E-state index contributed by atoms with van der Waals surface area (Å²) < 4.78 is 5.59. The Kier molecular flexibility index (Phi) is 4.30. The molecule has 1 aromatic carbocycles. The first-order valence-corrected chi connectivity index (χ1v) is 6.10. The molecule has 5 nitrogen and oxygen atoms in total. The first-order valence-electron chi connectivity index (χ1n) is 6.10. The summed E-state index contributed by atoms with van der Waals surface area (Å²) in [5.41, 5.74) is 7.55. The van der Waals surface area contributed by atoms with Crippen molar-refractivity contribution in [3.05, 3.63) is 47.4 Å². The lowest BCUT2D eigenvalue weighted by molar-refractivity contribution is 0.294. The molecule has 100 valence electrons. The van der Waals surface area contributed by atoms with Crippen LogP contribution in [0.3, 0.4) is 0 Å². The van der Waals surface area contributed by atoms with Crippen molar-refractivity contribution in [2.24, 2.45) is 0 Å². The van der Waals surface area contributed by atoms with Crippen molar-refractivity contribution in [2.45, 2.75) is 20.0 Å². The van der Waals surface area contributed by atoms with Crippen LogP contribution in [0.25, 0.3) is 0 Å². The van der Waals surface area contributed by atoms with Gasteiger partial charge in [-0.1, -0.05) is 12.1 Å². The molecule has 0 fully saturated rings. The number of nitrogen functional groups attached to an aromatic ring is 1. The van der Waals surface area contributed by atoms with Crippen LogP contribution in [-0.4, -0.2) is 21.7 Å². The third-order valence-electron chi connectivity index (χ3n) is 2.61. The summed E-state index contributed by atoms with van der Waals surface area (Å²) in [6.07, 6.45) is 0.651. The fourth-order valence-corrected chi connectivity index (χ4v) is 1.75. The number of nitrogens with two attached hydrogens (primary N) is 1. The molecule has 2 rings (SSSR count). The molecular formula is C14H17N3O2. The molecule has 0 aliphatic rings. The molecule has 0 saturated carbocycles. The standard InChI is InChI=1S/C14H17N3O2/c1-10-8-13(15)17-14(16-10)9-19-12-4-2-11(3-5-12)6-7-18/h2-5,8,18H,6-7,9H2,1H3,(H2,15,16,17). The van der Waals surface area contributed by atoms with Gasteiger partial charge in [-0.25, -0.2) is 9.97 Å². The number of rotatable bonds is 5. The molecule has 0 amide bonds. The summed E-state index contributed by atoms with van der Waals surface area (Å²) in [6, 6.07) is 9.30. The van der Waals surface area contributed by atoms with Crippen molar-refractivity contribution in [3.63, 3.8) is 0 Å². The molecule has 0 bridgehead atoms. The molecule has 0 saturated heterocycles. The highest BCUT2D eigenvalue weighted by Crippen LogP contribution is 2.14. The Hall–Kier alpha value is -2.14. The van der Waals surface area contributed by atoms with Gasteiger partial charge in [-0.3, -0.25) is 0 Å². The molecule has 0 unspecified atom stereocenters. The second-order valence-electron chi connectivity index (χ2n) is 4.26. The van der Waals surface area contributed by atoms with Crippen molar-refractivity contribution >= 4 is 5.82 Å². The Morgan fingerprint density at radius 3 is 2.58 bits per heavy atom. The predicted octanol–water partition coefficient (Wildman–Crippen LogP) is 1.48. The van der Waals surface area contributed by atoms with E-state index < -0.39 is 0 Å². The topological polar surface area (TPSA) is 81.3 Å². The molecular weight excluding hydrogens is 242 g/mol. The number of anilines is 1. The van der Waals surface area contributed by atoms with Crippen LogP contribution in [0.4, 0.5) is 5.82 Å². The van der Waals surface area contributed by atoms with Crippen molar-refractivity contribution in [3.8, 4) is 5.75 Å². The third kappa shape index (κ3) is 3.93. The number of nitrogens with zero attached hydrogens (tertiary/aromatic N) is 2. The maximum absolute atomic E-state index is 8.83. The maximum Gasteiger partial charge on any atom is 0.168 e. The summed E-state index contributed by atoms with van der Waals surface area (Å²) in [6.45, 7) is 2.30. The SMILES string of the molecule is Cc1cc(N)nc(COc2ccc(CCO)cc2)n1. The van der Waals surface area contributed by atoms with Gasteiger partial charge in [-0.15, -0.1) is 0 Å². The van der Waals surface area contributed by atoms with Gasteiger partial charge in [0, 0.05) is 18.4 Å². The normalized spacial score (nSPS) is 10.4. The number of ether oxygens (including phenoxy) is 1. The fourth-order valence-electron chi connectivity index (χ4n) is 1.75. The van der Waals surface area contributed by atoms with Gasteiger partial charge in [0.05, 0.1) is 0 Å². The minimum absolute atomic E-state index is 0.149. The van der Waals surface area contributed by atoms with Crippen molar-refractivity contribution < 1.29 is 9.84 Å². The highest BCUT2D eigenvalue weighted by Gasteiger charge is 2.02. The molecule has 5 heteroatoms. The zero-order valence-corrected chi connectivity index (χ0v) is 10.8. The number of aliphatic hydroxyl groups is 1. The van der Waals surface area contributed by atoms with Crippen molar-refractivity contribution in [1.29, 1.82) is 0 Å². The van der Waals surface area contributed by atoms with Gasteiger partial charge in [0.15, 0.2) is 5.82 Å². The quantitative estimate of drug-likeness (QED) is 0.850. The third-order valence-corrected chi connectivity index (χ3v) is 2.61. The van der Waals surface area contributed by atoms with Crippen LogP contribution in [0.15, 0.2) is 30.3 Å². The molecule has 1 heterocycles. The first kappa shape index (κ1) is 13.3. The number of hydrogen-bond donors (Lipinski definition) is 2. The summed E-state index contributed by atoms with van der Waals surface area (Å²) >= 11 is 0. The van der Waals surface area contributed by atoms with Crippen LogP contribution >= 0.6 is 0 Å². The zero-order valence-electron chi connectivity index (χ0n) is 10.8. The van der Waals surface area contributed by atoms with Gasteiger partial charge in [0.1, 0.15) is 18.2 Å². The van der Waals surface area contributed by atoms with Gasteiger partial charge in [0.2, 0.25) is 0 Å². The van der Waals surface area contributed by atoms with Crippen molar-refractivity contribution in [2.75, 3.05) is 12.3 Å². The Morgan fingerprint density at radius 2 is 1.95 bits per heavy atom. The minimum atomic E-state index is 0.149. The molecule has 0 atom stereocenters. The van der Waals surface area contributed by atoms with Crippen LogP contribution in [0.5, 0.6) is 5.75 Å². The molecule has 0 spiro atoms. The lowest BCUT2D eigenvalue weighted by atomic mass is 10.1. The Morgan fingerprint density at radius 1 is 1.21 bits per heavy atom. The lowest BCUT2D eigenvalue weighted by Crippen LogP contribution is -2.05. The van der Waals surface area contributed by atoms with Gasteiger partial charge in [-0.05, 0) is 31.0 Å². The van der Waals surface area contributed by atoms with E-state index in [0.717, 1.165) is 17.0 Å². The van der Waals surface area contributed by atoms with Gasteiger partial charge in [-0.2, -0.15) is 0 Å². The second-order valence-corrected chi connectivity index (χ2v) is 4.26. The zero-order chi connectivity index (χ0) is 13.7. The Balaban J connectivity index is 1.98. The Bertz CT molecular complexity index is 521. The van der Waals surface area contributed by atoms with Crippen LogP contribution < -0.4 is 10.5 Å². The number of benzene rings is 1. The van der Waals surface area contributed by atoms with E-state index in [9.17, 15) is 0 Å². The maximum atomic E-state index is 8.83. The summed E-state index contributed by atoms with van der Waals surface area (Å²) in [5.74, 6) is 1.76. The minimum Gasteiger partial charge on any atom is -0.486 e. The van der Waals surface area contributed by atoms with E-state index in [0.29, 0.717) is 18.1 Å². The molecule has 3 N–H and O–H groups in total. The predicted molar refractivity (Wildman–Crippen MR) is 72.7 cm³/mol. The van der Waals surface area contributed by atoms with Gasteiger partial charge < -0.3 is 15.6 Å². The molecule has 2 aromatic rings. The molecule has 0 aliphatic heterocycles. The van der Waals surface area contributed by atoms with E-state index in [4.69, 9.17) is 15.6 Å². The highest BCUT2D eigenvalue weighted by atomic mass is 16.5. The molecule has 19 heavy (non-hydrogen) atoms. The monoisotopic (exact) mass is 259 g/mol. The summed E-state index contributed by atoms with van der Waals surface area (Å²) in [7, 11) is 0. The van der Waals surface area contributed by atoms with Gasteiger partial charge in [0.25, 0.3) is 0 Å². The highest BCUT2D eigenvalue weighted by molar-refractivity contribution is 5.30. The van der Waals surface area contributed by atoms with Crippen LogP contribution in [0.1, 0.15) is 17.1 Å². The van der Waals surface area contributed by atoms with E-state index in [-0.39, 0.29) is 13.2 Å². The summed E-state index contributed by atoms with van der Waals surface area (Å²) in [5, 5.41) is 8.83. The average Bonchev–Trinajstić information content (AvgIpc) is 2.37. The summed E-state index contributed by atoms with van der Waals surface area (Å²) in [4.78, 5) is 8.35. The van der Waals surface area contributed by atoms with Crippen LogP contribution in [-0.2, 0) is 13.0 Å². The number of aromatic nitrogens is 2.